The quantitative estimate of drug-likeness (QED) is 0.797. The number of imidazole rings is 1. The molecule has 0 radical (unpaired) electrons. The van der Waals surface area contributed by atoms with Crippen LogP contribution in [0.3, 0.4) is 0 Å². The molecule has 0 bridgehead atoms. The fourth-order valence-electron chi connectivity index (χ4n) is 2.28. The molecule has 1 heterocycles. The lowest BCUT2D eigenvalue weighted by atomic mass is 10.3. The Bertz CT molecular complexity index is 594. The normalized spacial score (nSPS) is 14.6. The average Bonchev–Trinajstić information content (AvgIpc) is 2.80. The molecule has 0 fully saturated rings. The third kappa shape index (κ3) is 3.46. The maximum absolute atomic E-state index is 11.3. The molecule has 1 aromatic heterocycles. The summed E-state index contributed by atoms with van der Waals surface area (Å²) < 4.78 is 13.5. The van der Waals surface area contributed by atoms with E-state index in [1.165, 1.54) is 5.52 Å². The van der Waals surface area contributed by atoms with Gasteiger partial charge in [0.05, 0.1) is 17.6 Å². The van der Waals surface area contributed by atoms with E-state index in [1.54, 1.807) is 6.26 Å². The van der Waals surface area contributed by atoms with Crippen molar-refractivity contribution in [1.82, 2.24) is 14.9 Å². The lowest BCUT2D eigenvalue weighted by Gasteiger charge is -2.10. The molecule has 4 nitrogen and oxygen atoms in total. The molecule has 0 aliphatic heterocycles. The second-order valence-electron chi connectivity index (χ2n) is 5.04. The number of aryl methyl sites for hydroxylation is 1. The summed E-state index contributed by atoms with van der Waals surface area (Å²) in [7, 11) is -0.738. The number of fused-ring (bicyclic) bond motifs is 1. The molecule has 20 heavy (non-hydrogen) atoms. The van der Waals surface area contributed by atoms with Crippen molar-refractivity contribution in [2.75, 3.05) is 12.8 Å². The lowest BCUT2D eigenvalue weighted by molar-refractivity contribution is 0.595. The Labute approximate surface area is 123 Å². The summed E-state index contributed by atoms with van der Waals surface area (Å²) in [5.41, 5.74) is 2.24. The first-order valence-electron chi connectivity index (χ1n) is 7.10. The van der Waals surface area contributed by atoms with Crippen LogP contribution in [-0.2, 0) is 23.9 Å². The van der Waals surface area contributed by atoms with Gasteiger partial charge in [-0.1, -0.05) is 19.1 Å². The van der Waals surface area contributed by atoms with Crippen LogP contribution in [-0.4, -0.2) is 31.8 Å². The Balaban J connectivity index is 1.98. The van der Waals surface area contributed by atoms with Crippen LogP contribution >= 0.6 is 0 Å². The van der Waals surface area contributed by atoms with E-state index in [-0.39, 0.29) is 5.25 Å². The number of rotatable bonds is 7. The summed E-state index contributed by atoms with van der Waals surface area (Å²) >= 11 is 0. The van der Waals surface area contributed by atoms with E-state index in [0.717, 1.165) is 37.4 Å². The second kappa shape index (κ2) is 6.99. The minimum Gasteiger partial charge on any atom is -0.327 e. The standard InChI is InChI=1S/C15H23N3OS/c1-4-18-14-8-6-5-7-13(14)17-15(18)11-16-10-9-12(2)20(3)19/h5-8,12,16H,4,9-11H2,1-3H3. The van der Waals surface area contributed by atoms with Gasteiger partial charge in [-0.3, -0.25) is 4.21 Å². The first-order chi connectivity index (χ1) is 9.63. The Morgan fingerprint density at radius 2 is 2.15 bits per heavy atom. The van der Waals surface area contributed by atoms with E-state index in [4.69, 9.17) is 0 Å². The van der Waals surface area contributed by atoms with Crippen LogP contribution in [0.15, 0.2) is 24.3 Å². The van der Waals surface area contributed by atoms with E-state index in [1.807, 2.05) is 25.1 Å². The monoisotopic (exact) mass is 293 g/mol. The highest BCUT2D eigenvalue weighted by Gasteiger charge is 2.09. The SMILES string of the molecule is CCn1c(CNCCC(C)S(C)=O)nc2ccccc21. The van der Waals surface area contributed by atoms with Crippen molar-refractivity contribution < 1.29 is 4.21 Å². The molecule has 0 saturated heterocycles. The van der Waals surface area contributed by atoms with E-state index in [2.05, 4.69) is 27.9 Å². The number of aromatic nitrogens is 2. The molecular weight excluding hydrogens is 270 g/mol. The van der Waals surface area contributed by atoms with Gasteiger partial charge in [0.25, 0.3) is 0 Å². The van der Waals surface area contributed by atoms with E-state index >= 15 is 0 Å². The minimum atomic E-state index is -0.738. The highest BCUT2D eigenvalue weighted by molar-refractivity contribution is 7.84. The molecule has 0 aliphatic carbocycles. The molecule has 0 amide bonds. The Morgan fingerprint density at radius 3 is 2.85 bits per heavy atom. The molecule has 0 saturated carbocycles. The van der Waals surface area contributed by atoms with Gasteiger partial charge in [-0.25, -0.2) is 4.98 Å². The summed E-state index contributed by atoms with van der Waals surface area (Å²) in [6.07, 6.45) is 2.69. The molecule has 1 aromatic carbocycles. The van der Waals surface area contributed by atoms with Gasteiger partial charge in [-0.15, -0.1) is 0 Å². The van der Waals surface area contributed by atoms with Crippen LogP contribution in [0.5, 0.6) is 0 Å². The lowest BCUT2D eigenvalue weighted by Crippen LogP contribution is -2.22. The van der Waals surface area contributed by atoms with Gasteiger partial charge in [-0.2, -0.15) is 0 Å². The zero-order valence-electron chi connectivity index (χ0n) is 12.4. The van der Waals surface area contributed by atoms with Crippen molar-refractivity contribution >= 4 is 21.8 Å². The summed E-state index contributed by atoms with van der Waals surface area (Å²) in [6.45, 7) is 6.71. The maximum atomic E-state index is 11.3. The first-order valence-corrected chi connectivity index (χ1v) is 8.72. The van der Waals surface area contributed by atoms with Gasteiger partial charge in [0, 0.05) is 28.9 Å². The minimum absolute atomic E-state index is 0.243. The number of hydrogen-bond donors (Lipinski definition) is 1. The van der Waals surface area contributed by atoms with Crippen molar-refractivity contribution in [2.24, 2.45) is 0 Å². The van der Waals surface area contributed by atoms with E-state index in [9.17, 15) is 4.21 Å². The highest BCUT2D eigenvalue weighted by Crippen LogP contribution is 2.15. The highest BCUT2D eigenvalue weighted by atomic mass is 32.2. The summed E-state index contributed by atoms with van der Waals surface area (Å²) in [6, 6.07) is 8.22. The smallest absolute Gasteiger partial charge is 0.123 e. The third-order valence-corrected chi connectivity index (χ3v) is 5.00. The number of nitrogens with zero attached hydrogens (tertiary/aromatic N) is 2. The molecule has 2 atom stereocenters. The van der Waals surface area contributed by atoms with Gasteiger partial charge in [-0.05, 0) is 32.0 Å². The maximum Gasteiger partial charge on any atom is 0.123 e. The molecule has 5 heteroatoms. The van der Waals surface area contributed by atoms with Crippen molar-refractivity contribution in [3.05, 3.63) is 30.1 Å². The van der Waals surface area contributed by atoms with Crippen LogP contribution in [0, 0.1) is 0 Å². The molecule has 0 aliphatic rings. The molecule has 110 valence electrons. The number of para-hydroxylation sites is 2. The van der Waals surface area contributed by atoms with Crippen molar-refractivity contribution in [1.29, 1.82) is 0 Å². The largest absolute Gasteiger partial charge is 0.327 e. The molecule has 1 N–H and O–H groups in total. The topological polar surface area (TPSA) is 46.9 Å². The van der Waals surface area contributed by atoms with Crippen molar-refractivity contribution in [3.8, 4) is 0 Å². The number of benzene rings is 1. The Hall–Kier alpha value is -1.20. The zero-order valence-corrected chi connectivity index (χ0v) is 13.2. The van der Waals surface area contributed by atoms with Gasteiger partial charge in [0.1, 0.15) is 5.82 Å². The molecule has 0 spiro atoms. The van der Waals surface area contributed by atoms with Crippen LogP contribution in [0.2, 0.25) is 0 Å². The fourth-order valence-corrected chi connectivity index (χ4v) is 2.73. The zero-order chi connectivity index (χ0) is 14.5. The number of hydrogen-bond acceptors (Lipinski definition) is 3. The average molecular weight is 293 g/mol. The van der Waals surface area contributed by atoms with Gasteiger partial charge < -0.3 is 9.88 Å². The van der Waals surface area contributed by atoms with Crippen molar-refractivity contribution in [3.63, 3.8) is 0 Å². The van der Waals surface area contributed by atoms with E-state index < -0.39 is 10.8 Å². The third-order valence-electron chi connectivity index (χ3n) is 3.63. The summed E-state index contributed by atoms with van der Waals surface area (Å²) in [5, 5.41) is 3.65. The first kappa shape index (κ1) is 15.2. The van der Waals surface area contributed by atoms with Crippen LogP contribution in [0.4, 0.5) is 0 Å². The van der Waals surface area contributed by atoms with Crippen molar-refractivity contribution in [2.45, 2.75) is 38.6 Å². The number of nitrogens with one attached hydrogen (secondary N) is 1. The van der Waals surface area contributed by atoms with Gasteiger partial charge in [0.15, 0.2) is 0 Å². The molecule has 2 aromatic rings. The molecule has 2 rings (SSSR count). The predicted octanol–water partition coefficient (Wildman–Crippen LogP) is 2.30. The summed E-state index contributed by atoms with van der Waals surface area (Å²) in [5.74, 6) is 1.07. The van der Waals surface area contributed by atoms with Gasteiger partial charge >= 0.3 is 0 Å². The Kier molecular flexibility index (Phi) is 5.31. The van der Waals surface area contributed by atoms with Crippen LogP contribution in [0.1, 0.15) is 26.1 Å². The van der Waals surface area contributed by atoms with E-state index in [0.29, 0.717) is 0 Å². The predicted molar refractivity (Wildman–Crippen MR) is 85.3 cm³/mol. The van der Waals surface area contributed by atoms with Crippen LogP contribution < -0.4 is 5.32 Å². The fraction of sp³-hybridized carbons (Fsp3) is 0.533. The van der Waals surface area contributed by atoms with Gasteiger partial charge in [0.2, 0.25) is 0 Å². The Morgan fingerprint density at radius 1 is 1.40 bits per heavy atom. The second-order valence-corrected chi connectivity index (χ2v) is 6.84. The van der Waals surface area contributed by atoms with Crippen LogP contribution in [0.25, 0.3) is 11.0 Å². The molecular formula is C15H23N3OS. The molecule has 2 unspecified atom stereocenters. The summed E-state index contributed by atoms with van der Waals surface area (Å²) in [4.78, 5) is 4.68.